The van der Waals surface area contributed by atoms with Crippen LogP contribution in [0.15, 0.2) is 10.3 Å². The van der Waals surface area contributed by atoms with Gasteiger partial charge in [-0.05, 0) is 49.5 Å². The van der Waals surface area contributed by atoms with Gasteiger partial charge in [0.1, 0.15) is 4.90 Å². The lowest BCUT2D eigenvalue weighted by molar-refractivity contribution is 0.570. The molecule has 2 saturated carbocycles. The Morgan fingerprint density at radius 3 is 2.71 bits per heavy atom. The molecule has 0 atom stereocenters. The van der Waals surface area contributed by atoms with Crippen molar-refractivity contribution in [3.63, 3.8) is 0 Å². The van der Waals surface area contributed by atoms with E-state index in [4.69, 9.17) is 0 Å². The van der Waals surface area contributed by atoms with E-state index in [2.05, 4.69) is 10.0 Å². The maximum atomic E-state index is 12.5. The first kappa shape index (κ1) is 15.5. The molecule has 0 unspecified atom stereocenters. The van der Waals surface area contributed by atoms with Crippen molar-refractivity contribution < 1.29 is 8.42 Å². The van der Waals surface area contributed by atoms with Crippen molar-refractivity contribution in [1.29, 1.82) is 0 Å². The molecule has 2 aliphatic rings. The fourth-order valence-corrected chi connectivity index (χ4v) is 5.40. The van der Waals surface area contributed by atoms with Gasteiger partial charge in [0.05, 0.1) is 0 Å². The summed E-state index contributed by atoms with van der Waals surface area (Å²) in [4.78, 5) is 1.45. The Bertz CT molecular complexity index is 587. The molecule has 0 bridgehead atoms. The van der Waals surface area contributed by atoms with E-state index in [9.17, 15) is 8.42 Å². The molecule has 0 aliphatic heterocycles. The van der Waals surface area contributed by atoms with E-state index < -0.39 is 10.0 Å². The van der Waals surface area contributed by atoms with E-state index in [0.29, 0.717) is 24.0 Å². The summed E-state index contributed by atoms with van der Waals surface area (Å²) in [6.45, 7) is 3.11. The van der Waals surface area contributed by atoms with Crippen LogP contribution in [0.4, 0.5) is 0 Å². The standard InChI is InChI=1S/C15H24N2O2S2/c1-11-10-20-14(9-16-13-6-7-13)15(11)21(18,19)17-8-2-3-12-4-5-12/h10,12-13,16-17H,2-9H2,1H3. The van der Waals surface area contributed by atoms with E-state index in [1.807, 2.05) is 12.3 Å². The lowest BCUT2D eigenvalue weighted by Crippen LogP contribution is -2.27. The van der Waals surface area contributed by atoms with Crippen molar-refractivity contribution in [2.24, 2.45) is 5.92 Å². The third kappa shape index (κ3) is 4.28. The smallest absolute Gasteiger partial charge is 0.241 e. The summed E-state index contributed by atoms with van der Waals surface area (Å²) in [6, 6.07) is 0.592. The van der Waals surface area contributed by atoms with Gasteiger partial charge in [0.25, 0.3) is 0 Å². The molecule has 2 fully saturated rings. The zero-order valence-corrected chi connectivity index (χ0v) is 14.2. The Morgan fingerprint density at radius 2 is 2.05 bits per heavy atom. The van der Waals surface area contributed by atoms with Crippen LogP contribution in [0.2, 0.25) is 0 Å². The summed E-state index contributed by atoms with van der Waals surface area (Å²) in [6.07, 6.45) is 7.18. The largest absolute Gasteiger partial charge is 0.309 e. The number of hydrogen-bond acceptors (Lipinski definition) is 4. The maximum absolute atomic E-state index is 12.5. The first-order chi connectivity index (χ1) is 10.1. The molecular formula is C15H24N2O2S2. The van der Waals surface area contributed by atoms with Gasteiger partial charge in [-0.25, -0.2) is 13.1 Å². The third-order valence-corrected chi connectivity index (χ3v) is 7.09. The number of nitrogens with one attached hydrogen (secondary N) is 2. The number of rotatable bonds is 9. The average Bonchev–Trinajstić information content (AvgIpc) is 3.33. The van der Waals surface area contributed by atoms with Crippen LogP contribution in [-0.4, -0.2) is 21.0 Å². The van der Waals surface area contributed by atoms with Gasteiger partial charge in [-0.15, -0.1) is 11.3 Å². The van der Waals surface area contributed by atoms with Gasteiger partial charge in [0.15, 0.2) is 0 Å². The summed E-state index contributed by atoms with van der Waals surface area (Å²) in [5, 5.41) is 5.35. The van der Waals surface area contributed by atoms with Crippen LogP contribution in [0.1, 0.15) is 49.0 Å². The number of thiophene rings is 1. The number of aryl methyl sites for hydroxylation is 1. The molecule has 21 heavy (non-hydrogen) atoms. The summed E-state index contributed by atoms with van der Waals surface area (Å²) in [7, 11) is -3.36. The fraction of sp³-hybridized carbons (Fsp3) is 0.733. The van der Waals surface area contributed by atoms with Crippen LogP contribution in [-0.2, 0) is 16.6 Å². The first-order valence-corrected chi connectivity index (χ1v) is 10.2. The molecule has 0 saturated heterocycles. The Balaban J connectivity index is 1.60. The van der Waals surface area contributed by atoms with E-state index in [-0.39, 0.29) is 0 Å². The van der Waals surface area contributed by atoms with Crippen molar-refractivity contribution in [3.05, 3.63) is 15.8 Å². The summed E-state index contributed by atoms with van der Waals surface area (Å²) >= 11 is 1.55. The average molecular weight is 329 g/mol. The molecule has 2 N–H and O–H groups in total. The van der Waals surface area contributed by atoms with Crippen LogP contribution in [0.25, 0.3) is 0 Å². The molecule has 4 nitrogen and oxygen atoms in total. The minimum absolute atomic E-state index is 0.507. The van der Waals surface area contributed by atoms with Crippen molar-refractivity contribution in [1.82, 2.24) is 10.0 Å². The minimum atomic E-state index is -3.36. The van der Waals surface area contributed by atoms with E-state index in [1.54, 1.807) is 11.3 Å². The molecule has 0 radical (unpaired) electrons. The first-order valence-electron chi connectivity index (χ1n) is 7.86. The second-order valence-corrected chi connectivity index (χ2v) is 8.98. The SMILES string of the molecule is Cc1csc(CNC2CC2)c1S(=O)(=O)NCCCC1CC1. The van der Waals surface area contributed by atoms with E-state index >= 15 is 0 Å². The molecular weight excluding hydrogens is 304 g/mol. The lowest BCUT2D eigenvalue weighted by atomic mass is 10.2. The van der Waals surface area contributed by atoms with Crippen molar-refractivity contribution in [2.45, 2.75) is 62.9 Å². The van der Waals surface area contributed by atoms with Crippen molar-refractivity contribution in [3.8, 4) is 0 Å². The maximum Gasteiger partial charge on any atom is 0.241 e. The highest BCUT2D eigenvalue weighted by Crippen LogP contribution is 2.33. The summed E-state index contributed by atoms with van der Waals surface area (Å²) in [5.74, 6) is 0.857. The Kier molecular flexibility index (Phi) is 4.69. The fourth-order valence-electron chi connectivity index (χ4n) is 2.57. The predicted octanol–water partition coefficient (Wildman–Crippen LogP) is 2.78. The van der Waals surface area contributed by atoms with Crippen LogP contribution in [0.5, 0.6) is 0 Å². The van der Waals surface area contributed by atoms with Gasteiger partial charge in [0.2, 0.25) is 10.0 Å². The summed E-state index contributed by atoms with van der Waals surface area (Å²) < 4.78 is 27.8. The van der Waals surface area contributed by atoms with Gasteiger partial charge in [-0.3, -0.25) is 0 Å². The summed E-state index contributed by atoms with van der Waals surface area (Å²) in [5.41, 5.74) is 0.863. The van der Waals surface area contributed by atoms with E-state index in [0.717, 1.165) is 29.2 Å². The molecule has 1 aromatic heterocycles. The van der Waals surface area contributed by atoms with Crippen LogP contribution in [0.3, 0.4) is 0 Å². The Morgan fingerprint density at radius 1 is 1.29 bits per heavy atom. The topological polar surface area (TPSA) is 58.2 Å². The highest BCUT2D eigenvalue weighted by Gasteiger charge is 2.26. The van der Waals surface area contributed by atoms with Crippen molar-refractivity contribution >= 4 is 21.4 Å². The zero-order chi connectivity index (χ0) is 14.9. The minimum Gasteiger partial charge on any atom is -0.309 e. The molecule has 2 aliphatic carbocycles. The van der Waals surface area contributed by atoms with Crippen LogP contribution in [0, 0.1) is 12.8 Å². The third-order valence-electron chi connectivity index (χ3n) is 4.16. The second kappa shape index (κ2) is 6.36. The molecule has 1 heterocycles. The normalized spacial score (nSPS) is 19.1. The Labute approximate surface area is 131 Å². The predicted molar refractivity (Wildman–Crippen MR) is 86.1 cm³/mol. The van der Waals surface area contributed by atoms with Gasteiger partial charge in [-0.2, -0.15) is 0 Å². The highest BCUT2D eigenvalue weighted by atomic mass is 32.2. The molecule has 6 heteroatoms. The lowest BCUT2D eigenvalue weighted by Gasteiger charge is -2.09. The molecule has 118 valence electrons. The van der Waals surface area contributed by atoms with Gasteiger partial charge in [-0.1, -0.05) is 12.8 Å². The number of sulfonamides is 1. The van der Waals surface area contributed by atoms with Gasteiger partial charge >= 0.3 is 0 Å². The molecule has 0 spiro atoms. The molecule has 3 rings (SSSR count). The monoisotopic (exact) mass is 328 g/mol. The van der Waals surface area contributed by atoms with Crippen LogP contribution < -0.4 is 10.0 Å². The number of hydrogen-bond donors (Lipinski definition) is 2. The van der Waals surface area contributed by atoms with Gasteiger partial charge < -0.3 is 5.32 Å². The molecule has 1 aromatic rings. The van der Waals surface area contributed by atoms with Gasteiger partial charge in [0, 0.05) is 24.0 Å². The zero-order valence-electron chi connectivity index (χ0n) is 12.5. The molecule has 0 aromatic carbocycles. The van der Waals surface area contributed by atoms with Crippen LogP contribution >= 0.6 is 11.3 Å². The van der Waals surface area contributed by atoms with E-state index in [1.165, 1.54) is 25.7 Å². The quantitative estimate of drug-likeness (QED) is 0.685. The Hall–Kier alpha value is -0.430. The highest BCUT2D eigenvalue weighted by molar-refractivity contribution is 7.89. The molecule has 0 amide bonds. The van der Waals surface area contributed by atoms with Crippen molar-refractivity contribution in [2.75, 3.05) is 6.54 Å². The second-order valence-electron chi connectivity index (χ2n) is 6.31.